The second-order valence-corrected chi connectivity index (χ2v) is 3.74. The van der Waals surface area contributed by atoms with E-state index in [1.54, 1.807) is 0 Å². The van der Waals surface area contributed by atoms with Crippen molar-refractivity contribution in [1.82, 2.24) is 0 Å². The van der Waals surface area contributed by atoms with Crippen LogP contribution in [0.4, 0.5) is 0 Å². The predicted molar refractivity (Wildman–Crippen MR) is 72.0 cm³/mol. The Bertz CT molecular complexity index is 590. The van der Waals surface area contributed by atoms with E-state index in [0.717, 1.165) is 16.7 Å². The molecule has 0 aliphatic carbocycles. The van der Waals surface area contributed by atoms with Gasteiger partial charge in [-0.2, -0.15) is 5.10 Å². The molecule has 2 rings (SSSR count). The quantitative estimate of drug-likeness (QED) is 0.465. The van der Waals surface area contributed by atoms with Crippen molar-refractivity contribution in [2.75, 3.05) is 0 Å². The number of hydrogen-bond donors (Lipinski definition) is 2. The first-order chi connectivity index (χ1) is 8.18. The first-order valence-corrected chi connectivity index (χ1v) is 5.30. The van der Waals surface area contributed by atoms with E-state index in [2.05, 4.69) is 28.4 Å². The van der Waals surface area contributed by atoms with E-state index in [1.165, 1.54) is 5.39 Å². The molecular weight excluding hydrogens is 212 g/mol. The van der Waals surface area contributed by atoms with Gasteiger partial charge in [-0.25, -0.2) is 0 Å². The highest BCUT2D eigenvalue weighted by atomic mass is 15.3. The number of rotatable bonds is 2. The van der Waals surface area contributed by atoms with Crippen LogP contribution in [0.3, 0.4) is 0 Å². The molecule has 0 aliphatic heterocycles. The van der Waals surface area contributed by atoms with E-state index in [1.807, 2.05) is 31.2 Å². The van der Waals surface area contributed by atoms with E-state index in [-0.39, 0.29) is 5.96 Å². The van der Waals surface area contributed by atoms with Crippen molar-refractivity contribution in [3.05, 3.63) is 48.0 Å². The molecule has 2 aromatic rings. The molecule has 4 N–H and O–H groups in total. The van der Waals surface area contributed by atoms with Gasteiger partial charge >= 0.3 is 0 Å². The second kappa shape index (κ2) is 4.65. The molecule has 0 saturated carbocycles. The van der Waals surface area contributed by atoms with Gasteiger partial charge in [0.15, 0.2) is 0 Å². The fourth-order valence-corrected chi connectivity index (χ4v) is 1.73. The van der Waals surface area contributed by atoms with Gasteiger partial charge in [-0.05, 0) is 17.7 Å². The maximum Gasteiger partial charge on any atom is 0.211 e. The molecule has 0 bridgehead atoms. The van der Waals surface area contributed by atoms with Crippen LogP contribution in [0.25, 0.3) is 10.8 Å². The van der Waals surface area contributed by atoms with Gasteiger partial charge in [0.05, 0.1) is 5.71 Å². The van der Waals surface area contributed by atoms with E-state index < -0.39 is 0 Å². The maximum atomic E-state index is 5.25. The molecule has 86 valence electrons. The summed E-state index contributed by atoms with van der Waals surface area (Å²) in [7, 11) is 0. The number of nitrogens with zero attached hydrogens (tertiary/aromatic N) is 2. The molecule has 0 saturated heterocycles. The largest absolute Gasteiger partial charge is 0.369 e. The molecule has 0 aromatic heterocycles. The predicted octanol–water partition coefficient (Wildman–Crippen LogP) is 1.84. The summed E-state index contributed by atoms with van der Waals surface area (Å²) < 4.78 is 0. The van der Waals surface area contributed by atoms with E-state index in [9.17, 15) is 0 Å². The van der Waals surface area contributed by atoms with Crippen molar-refractivity contribution in [2.24, 2.45) is 21.7 Å². The first kappa shape index (κ1) is 11.1. The van der Waals surface area contributed by atoms with Gasteiger partial charge in [-0.1, -0.05) is 42.5 Å². The molecule has 4 nitrogen and oxygen atoms in total. The van der Waals surface area contributed by atoms with Crippen molar-refractivity contribution in [1.29, 1.82) is 0 Å². The molecule has 0 atom stereocenters. The van der Waals surface area contributed by atoms with E-state index >= 15 is 0 Å². The zero-order valence-corrected chi connectivity index (χ0v) is 9.59. The molecule has 2 aromatic carbocycles. The molecule has 0 spiro atoms. The van der Waals surface area contributed by atoms with Gasteiger partial charge in [-0.3, -0.25) is 0 Å². The van der Waals surface area contributed by atoms with Crippen molar-refractivity contribution >= 4 is 22.4 Å². The SMILES string of the molecule is C/C(=N/N=C(N)N)c1cccc2ccccc12. The topological polar surface area (TPSA) is 76.8 Å². The third kappa shape index (κ3) is 2.42. The molecule has 17 heavy (non-hydrogen) atoms. The summed E-state index contributed by atoms with van der Waals surface area (Å²) in [5.41, 5.74) is 12.3. The molecule has 0 fully saturated rings. The smallest absolute Gasteiger partial charge is 0.211 e. The molecule has 0 unspecified atom stereocenters. The van der Waals surface area contributed by atoms with Gasteiger partial charge < -0.3 is 11.5 Å². The summed E-state index contributed by atoms with van der Waals surface area (Å²) in [6.07, 6.45) is 0. The second-order valence-electron chi connectivity index (χ2n) is 3.74. The molecule has 0 radical (unpaired) electrons. The average Bonchev–Trinajstić information content (AvgIpc) is 2.35. The number of hydrogen-bond acceptors (Lipinski definition) is 2. The van der Waals surface area contributed by atoms with Crippen LogP contribution < -0.4 is 11.5 Å². The summed E-state index contributed by atoms with van der Waals surface area (Å²) in [6.45, 7) is 1.88. The van der Waals surface area contributed by atoms with Crippen LogP contribution in [0.2, 0.25) is 0 Å². The number of fused-ring (bicyclic) bond motifs is 1. The van der Waals surface area contributed by atoms with E-state index in [0.29, 0.717) is 0 Å². The highest BCUT2D eigenvalue weighted by Gasteiger charge is 2.02. The van der Waals surface area contributed by atoms with Crippen LogP contribution in [0, 0.1) is 0 Å². The lowest BCUT2D eigenvalue weighted by Gasteiger charge is -2.04. The monoisotopic (exact) mass is 226 g/mol. The third-order valence-electron chi connectivity index (χ3n) is 2.49. The summed E-state index contributed by atoms with van der Waals surface area (Å²) in [5, 5.41) is 9.98. The van der Waals surface area contributed by atoms with Crippen LogP contribution in [-0.2, 0) is 0 Å². The molecule has 0 heterocycles. The number of guanidine groups is 1. The van der Waals surface area contributed by atoms with Crippen LogP contribution in [-0.4, -0.2) is 11.7 Å². The summed E-state index contributed by atoms with van der Waals surface area (Å²) >= 11 is 0. The van der Waals surface area contributed by atoms with Crippen LogP contribution >= 0.6 is 0 Å². The van der Waals surface area contributed by atoms with Crippen molar-refractivity contribution in [3.8, 4) is 0 Å². The normalized spacial score (nSPS) is 11.5. The number of nitrogens with two attached hydrogens (primary N) is 2. The Morgan fingerprint density at radius 1 is 0.941 bits per heavy atom. The molecule has 4 heteroatoms. The van der Waals surface area contributed by atoms with Gasteiger partial charge in [0.1, 0.15) is 0 Å². The zero-order valence-electron chi connectivity index (χ0n) is 9.59. The van der Waals surface area contributed by atoms with Crippen molar-refractivity contribution in [2.45, 2.75) is 6.92 Å². The minimum absolute atomic E-state index is 0.0374. The fraction of sp³-hybridized carbons (Fsp3) is 0.0769. The fourth-order valence-electron chi connectivity index (χ4n) is 1.73. The highest BCUT2D eigenvalue weighted by Crippen LogP contribution is 2.19. The van der Waals surface area contributed by atoms with Gasteiger partial charge in [0.25, 0.3) is 0 Å². The van der Waals surface area contributed by atoms with Crippen LogP contribution in [0.15, 0.2) is 52.7 Å². The third-order valence-corrected chi connectivity index (χ3v) is 2.49. The minimum Gasteiger partial charge on any atom is -0.369 e. The van der Waals surface area contributed by atoms with Crippen molar-refractivity contribution in [3.63, 3.8) is 0 Å². The minimum atomic E-state index is -0.0374. The number of benzene rings is 2. The van der Waals surface area contributed by atoms with Gasteiger partial charge in [-0.15, -0.1) is 5.10 Å². The van der Waals surface area contributed by atoms with Crippen molar-refractivity contribution < 1.29 is 0 Å². The Morgan fingerprint density at radius 2 is 1.65 bits per heavy atom. The summed E-state index contributed by atoms with van der Waals surface area (Å²) in [6, 6.07) is 14.2. The summed E-state index contributed by atoms with van der Waals surface area (Å²) in [5.74, 6) is -0.0374. The lowest BCUT2D eigenvalue weighted by molar-refractivity contribution is 1.20. The highest BCUT2D eigenvalue weighted by molar-refractivity contribution is 6.09. The Labute approximate surface area is 99.6 Å². The first-order valence-electron chi connectivity index (χ1n) is 5.30. The lowest BCUT2D eigenvalue weighted by atomic mass is 10.0. The van der Waals surface area contributed by atoms with Gasteiger partial charge in [0, 0.05) is 5.56 Å². The van der Waals surface area contributed by atoms with E-state index in [4.69, 9.17) is 11.5 Å². The van der Waals surface area contributed by atoms with Crippen LogP contribution in [0.5, 0.6) is 0 Å². The molecule has 0 aliphatic rings. The summed E-state index contributed by atoms with van der Waals surface area (Å²) in [4.78, 5) is 0. The molecule has 0 amide bonds. The standard InChI is InChI=1S/C13H14N4/c1-9(16-17-13(14)15)11-8-4-6-10-5-2-3-7-12(10)11/h2-8H,1H3,(H4,14,15,17)/b16-9-. The Hall–Kier alpha value is -2.36. The Morgan fingerprint density at radius 3 is 2.41 bits per heavy atom. The molecular formula is C13H14N4. The lowest BCUT2D eigenvalue weighted by Crippen LogP contribution is -2.22. The zero-order chi connectivity index (χ0) is 12.3. The van der Waals surface area contributed by atoms with Crippen LogP contribution in [0.1, 0.15) is 12.5 Å². The Kier molecular flexibility index (Phi) is 3.05. The Balaban J connectivity index is 2.56. The maximum absolute atomic E-state index is 5.25. The average molecular weight is 226 g/mol. The van der Waals surface area contributed by atoms with Gasteiger partial charge in [0.2, 0.25) is 5.96 Å².